The Balaban J connectivity index is 1.34. The van der Waals surface area contributed by atoms with Gasteiger partial charge in [0.15, 0.2) is 5.82 Å². The fourth-order valence-corrected chi connectivity index (χ4v) is 5.50. The third-order valence-corrected chi connectivity index (χ3v) is 7.70. The minimum absolute atomic E-state index is 0.213. The van der Waals surface area contributed by atoms with Crippen LogP contribution in [0.5, 0.6) is 0 Å². The summed E-state index contributed by atoms with van der Waals surface area (Å²) < 4.78 is 16.1. The van der Waals surface area contributed by atoms with E-state index in [1.807, 2.05) is 47.0 Å². The maximum Gasteiger partial charge on any atom is 0.272 e. The minimum Gasteiger partial charge on any atom is -0.329 e. The van der Waals surface area contributed by atoms with Crippen LogP contribution in [-0.4, -0.2) is 42.9 Å². The maximum atomic E-state index is 14.2. The highest BCUT2D eigenvalue weighted by Crippen LogP contribution is 2.24. The Hall–Kier alpha value is -4.26. The highest BCUT2D eigenvalue weighted by molar-refractivity contribution is 7.98. The third kappa shape index (κ3) is 6.47. The molecule has 2 aromatic heterocycles. The summed E-state index contributed by atoms with van der Waals surface area (Å²) in [6.45, 7) is 1.09. The molecule has 0 N–H and O–H groups in total. The van der Waals surface area contributed by atoms with Crippen molar-refractivity contribution in [2.24, 2.45) is 0 Å². The molecule has 0 aliphatic heterocycles. The van der Waals surface area contributed by atoms with Crippen molar-refractivity contribution in [3.8, 4) is 6.07 Å². The number of amides is 1. The summed E-state index contributed by atoms with van der Waals surface area (Å²) in [4.78, 5) is 20.0. The van der Waals surface area contributed by atoms with Crippen molar-refractivity contribution in [3.05, 3.63) is 124 Å². The van der Waals surface area contributed by atoms with E-state index in [0.717, 1.165) is 16.5 Å². The van der Waals surface area contributed by atoms with Gasteiger partial charge in [-0.15, -0.1) is 10.2 Å². The first kappa shape index (κ1) is 27.3. The van der Waals surface area contributed by atoms with Crippen LogP contribution in [-0.2, 0) is 18.8 Å². The summed E-state index contributed by atoms with van der Waals surface area (Å²) in [6, 6.07) is 25.3. The van der Waals surface area contributed by atoms with Gasteiger partial charge in [-0.05, 0) is 42.0 Å². The second-order valence-electron chi connectivity index (χ2n) is 9.05. The number of carbonyl (C=O) groups excluding carboxylic acids is 1. The number of rotatable bonds is 10. The summed E-state index contributed by atoms with van der Waals surface area (Å²) in [5.41, 5.74) is 3.08. The average molecular weight is 571 g/mol. The number of fused-ring (bicyclic) bond motifs is 1. The third-order valence-electron chi connectivity index (χ3n) is 6.38. The molecule has 2 heterocycles. The first-order valence-corrected chi connectivity index (χ1v) is 14.1. The summed E-state index contributed by atoms with van der Waals surface area (Å²) in [7, 11) is 0. The van der Waals surface area contributed by atoms with Gasteiger partial charge >= 0.3 is 0 Å². The molecule has 0 atom stereocenters. The van der Waals surface area contributed by atoms with Crippen LogP contribution < -0.4 is 0 Å². The van der Waals surface area contributed by atoms with E-state index in [0.29, 0.717) is 52.3 Å². The van der Waals surface area contributed by atoms with Gasteiger partial charge in [0.1, 0.15) is 17.8 Å². The number of carbonyl (C=O) groups is 1. The van der Waals surface area contributed by atoms with Crippen LogP contribution >= 0.6 is 23.4 Å². The number of hydrogen-bond donors (Lipinski definition) is 0. The molecule has 0 unspecified atom stereocenters. The van der Waals surface area contributed by atoms with E-state index in [1.54, 1.807) is 41.6 Å². The standard InChI is InChI=1S/C30H24ClFN6OS/c31-25-5-3-6-26(32)24(25)19-40-15-14-37(30(39)28-13-12-23-4-1-2-7-27(23)35-28)18-29-36-34-20-38(29)17-22-10-8-21(16-33)9-11-22/h1-13,20H,14-15,17-19H2. The maximum absolute atomic E-state index is 14.2. The lowest BCUT2D eigenvalue weighted by atomic mass is 10.1. The molecule has 40 heavy (non-hydrogen) atoms. The Kier molecular flexibility index (Phi) is 8.69. The average Bonchev–Trinajstić information content (AvgIpc) is 3.41. The second-order valence-corrected chi connectivity index (χ2v) is 10.6. The number of nitrogens with zero attached hydrogens (tertiary/aromatic N) is 6. The lowest BCUT2D eigenvalue weighted by Gasteiger charge is -2.22. The Morgan fingerprint density at radius 1 is 1.05 bits per heavy atom. The zero-order valence-electron chi connectivity index (χ0n) is 21.4. The van der Waals surface area contributed by atoms with Gasteiger partial charge < -0.3 is 9.47 Å². The Bertz CT molecular complexity index is 1660. The normalized spacial score (nSPS) is 10.9. The zero-order valence-corrected chi connectivity index (χ0v) is 22.9. The van der Waals surface area contributed by atoms with Crippen LogP contribution in [0, 0.1) is 17.1 Å². The van der Waals surface area contributed by atoms with Crippen molar-refractivity contribution in [3.63, 3.8) is 0 Å². The molecule has 0 aliphatic rings. The molecule has 0 aliphatic carbocycles. The SMILES string of the molecule is N#Cc1ccc(Cn2cnnc2CN(CCSCc2c(F)cccc2Cl)C(=O)c2ccc3ccccc3n2)cc1. The molecule has 0 saturated heterocycles. The molecular weight excluding hydrogens is 547 g/mol. The summed E-state index contributed by atoms with van der Waals surface area (Å²) in [5, 5.41) is 18.8. The number of nitriles is 1. The topological polar surface area (TPSA) is 87.7 Å². The van der Waals surface area contributed by atoms with Crippen molar-refractivity contribution in [1.29, 1.82) is 5.26 Å². The van der Waals surface area contributed by atoms with Crippen molar-refractivity contribution in [2.75, 3.05) is 12.3 Å². The van der Waals surface area contributed by atoms with Crippen molar-refractivity contribution in [2.45, 2.75) is 18.8 Å². The number of pyridine rings is 1. The molecule has 7 nitrogen and oxygen atoms in total. The first-order valence-electron chi connectivity index (χ1n) is 12.5. The lowest BCUT2D eigenvalue weighted by Crippen LogP contribution is -2.34. The molecular formula is C30H24ClFN6OS. The predicted octanol–water partition coefficient (Wildman–Crippen LogP) is 6.11. The van der Waals surface area contributed by atoms with E-state index in [-0.39, 0.29) is 18.3 Å². The van der Waals surface area contributed by atoms with Crippen molar-refractivity contribution < 1.29 is 9.18 Å². The Morgan fingerprint density at radius 3 is 2.67 bits per heavy atom. The fraction of sp³-hybridized carbons (Fsp3) is 0.167. The highest BCUT2D eigenvalue weighted by Gasteiger charge is 2.21. The van der Waals surface area contributed by atoms with Crippen LogP contribution in [0.3, 0.4) is 0 Å². The zero-order chi connectivity index (χ0) is 27.9. The fourth-order valence-electron chi connectivity index (χ4n) is 4.20. The monoisotopic (exact) mass is 570 g/mol. The number of para-hydroxylation sites is 1. The van der Waals surface area contributed by atoms with E-state index < -0.39 is 0 Å². The Labute approximate surface area is 240 Å². The molecule has 3 aromatic carbocycles. The molecule has 10 heteroatoms. The van der Waals surface area contributed by atoms with Gasteiger partial charge in [0.25, 0.3) is 5.91 Å². The van der Waals surface area contributed by atoms with E-state index in [1.165, 1.54) is 17.8 Å². The molecule has 0 spiro atoms. The quantitative estimate of drug-likeness (QED) is 0.188. The molecule has 0 fully saturated rings. The van der Waals surface area contributed by atoms with Crippen LogP contribution in [0.1, 0.15) is 33.0 Å². The number of aromatic nitrogens is 4. The second kappa shape index (κ2) is 12.7. The lowest BCUT2D eigenvalue weighted by molar-refractivity contribution is 0.0743. The molecule has 200 valence electrons. The van der Waals surface area contributed by atoms with Crippen molar-refractivity contribution >= 4 is 40.2 Å². The van der Waals surface area contributed by atoms with Gasteiger partial charge in [0.05, 0.1) is 30.2 Å². The van der Waals surface area contributed by atoms with Gasteiger partial charge in [-0.2, -0.15) is 17.0 Å². The van der Waals surface area contributed by atoms with Gasteiger partial charge in [-0.3, -0.25) is 4.79 Å². The van der Waals surface area contributed by atoms with Crippen LogP contribution in [0.4, 0.5) is 4.39 Å². The van der Waals surface area contributed by atoms with Crippen LogP contribution in [0.15, 0.2) is 85.2 Å². The van der Waals surface area contributed by atoms with Crippen LogP contribution in [0.25, 0.3) is 10.9 Å². The summed E-state index contributed by atoms with van der Waals surface area (Å²) in [6.07, 6.45) is 1.62. The largest absolute Gasteiger partial charge is 0.329 e. The number of hydrogen-bond acceptors (Lipinski definition) is 6. The van der Waals surface area contributed by atoms with Gasteiger partial charge in [0, 0.05) is 34.0 Å². The van der Waals surface area contributed by atoms with E-state index in [2.05, 4.69) is 21.3 Å². The van der Waals surface area contributed by atoms with Gasteiger partial charge in [-0.25, -0.2) is 9.37 Å². The number of thioether (sulfide) groups is 1. The van der Waals surface area contributed by atoms with Gasteiger partial charge in [-0.1, -0.05) is 54.1 Å². The van der Waals surface area contributed by atoms with Gasteiger partial charge in [0.2, 0.25) is 0 Å². The molecule has 0 bridgehead atoms. The van der Waals surface area contributed by atoms with E-state index in [9.17, 15) is 9.18 Å². The number of benzene rings is 3. The molecule has 0 radical (unpaired) electrons. The minimum atomic E-state index is -0.343. The smallest absolute Gasteiger partial charge is 0.272 e. The van der Waals surface area contributed by atoms with Crippen LogP contribution in [0.2, 0.25) is 5.02 Å². The van der Waals surface area contributed by atoms with E-state index in [4.69, 9.17) is 16.9 Å². The first-order chi connectivity index (χ1) is 19.5. The predicted molar refractivity (Wildman–Crippen MR) is 154 cm³/mol. The van der Waals surface area contributed by atoms with E-state index >= 15 is 0 Å². The highest BCUT2D eigenvalue weighted by atomic mass is 35.5. The Morgan fingerprint density at radius 2 is 1.88 bits per heavy atom. The molecule has 5 rings (SSSR count). The molecule has 0 saturated carbocycles. The number of halogens is 2. The molecule has 1 amide bonds. The molecule has 5 aromatic rings. The van der Waals surface area contributed by atoms with Crippen molar-refractivity contribution in [1.82, 2.24) is 24.6 Å². The summed E-state index contributed by atoms with van der Waals surface area (Å²) in [5.74, 6) is 0.970. The summed E-state index contributed by atoms with van der Waals surface area (Å²) >= 11 is 7.68.